The second-order valence-electron chi connectivity index (χ2n) is 2.53. The Kier molecular flexibility index (Phi) is 3.07. The topological polar surface area (TPSA) is 26.0 Å². The molecule has 0 unspecified atom stereocenters. The van der Waals surface area contributed by atoms with Gasteiger partial charge in [-0.2, -0.15) is 12.6 Å². The van der Waals surface area contributed by atoms with Crippen molar-refractivity contribution in [2.24, 2.45) is 0 Å². The second-order valence-corrected chi connectivity index (χ2v) is 2.85. The predicted octanol–water partition coefficient (Wildman–Crippen LogP) is 1.86. The summed E-state index contributed by atoms with van der Waals surface area (Å²) in [7, 11) is 0. The van der Waals surface area contributed by atoms with Crippen molar-refractivity contribution in [1.29, 1.82) is 0 Å². The van der Waals surface area contributed by atoms with Crippen LogP contribution in [0.15, 0.2) is 18.2 Å². The zero-order valence-electron chi connectivity index (χ0n) is 6.96. The van der Waals surface area contributed by atoms with Crippen LogP contribution >= 0.6 is 12.6 Å². The zero-order valence-corrected chi connectivity index (χ0v) is 7.86. The van der Waals surface area contributed by atoms with E-state index in [0.717, 1.165) is 16.8 Å². The monoisotopic (exact) mass is 177 g/mol. The van der Waals surface area contributed by atoms with Crippen LogP contribution in [-0.4, -0.2) is 5.75 Å². The van der Waals surface area contributed by atoms with Gasteiger partial charge in [-0.05, 0) is 24.6 Å². The maximum absolute atomic E-state index is 5.61. The first-order valence-corrected chi connectivity index (χ1v) is 4.33. The van der Waals surface area contributed by atoms with Gasteiger partial charge >= 0.3 is 0 Å². The van der Waals surface area contributed by atoms with Crippen molar-refractivity contribution in [2.45, 2.75) is 6.92 Å². The highest BCUT2D eigenvalue weighted by atomic mass is 32.1. The van der Waals surface area contributed by atoms with Crippen LogP contribution in [0.5, 0.6) is 0 Å². The minimum atomic E-state index is 0.578. The van der Waals surface area contributed by atoms with E-state index in [1.54, 1.807) is 0 Å². The summed E-state index contributed by atoms with van der Waals surface area (Å²) in [5.74, 6) is 6.47. The van der Waals surface area contributed by atoms with Gasteiger partial charge in [0.25, 0.3) is 0 Å². The van der Waals surface area contributed by atoms with E-state index in [4.69, 9.17) is 5.73 Å². The Morgan fingerprint density at radius 3 is 2.92 bits per heavy atom. The average Bonchev–Trinajstić information content (AvgIpc) is 2.07. The highest BCUT2D eigenvalue weighted by Crippen LogP contribution is 2.10. The third-order valence-corrected chi connectivity index (χ3v) is 1.72. The van der Waals surface area contributed by atoms with Gasteiger partial charge in [0.1, 0.15) is 0 Å². The maximum Gasteiger partial charge on any atom is 0.0521 e. The van der Waals surface area contributed by atoms with E-state index >= 15 is 0 Å². The Balaban J connectivity index is 3.05. The van der Waals surface area contributed by atoms with Crippen molar-refractivity contribution >= 4 is 18.3 Å². The molecule has 0 aliphatic heterocycles. The maximum atomic E-state index is 5.61. The summed E-state index contributed by atoms with van der Waals surface area (Å²) in [6.45, 7) is 2.02. The SMILES string of the molecule is Cc1ccc(N)cc1C#CCS. The molecule has 12 heavy (non-hydrogen) atoms. The van der Waals surface area contributed by atoms with Crippen LogP contribution in [0.1, 0.15) is 11.1 Å². The lowest BCUT2D eigenvalue weighted by atomic mass is 10.1. The van der Waals surface area contributed by atoms with Crippen LogP contribution in [0.2, 0.25) is 0 Å². The normalized spacial score (nSPS) is 8.83. The highest BCUT2D eigenvalue weighted by molar-refractivity contribution is 7.80. The second kappa shape index (κ2) is 4.08. The van der Waals surface area contributed by atoms with Crippen LogP contribution in [0.3, 0.4) is 0 Å². The summed E-state index contributed by atoms with van der Waals surface area (Å²) < 4.78 is 0. The molecule has 62 valence electrons. The van der Waals surface area contributed by atoms with E-state index in [-0.39, 0.29) is 0 Å². The van der Waals surface area contributed by atoms with Crippen molar-refractivity contribution < 1.29 is 0 Å². The van der Waals surface area contributed by atoms with Crippen LogP contribution in [0.25, 0.3) is 0 Å². The zero-order chi connectivity index (χ0) is 8.97. The molecule has 0 aromatic heterocycles. The number of benzene rings is 1. The molecule has 1 aromatic carbocycles. The predicted molar refractivity (Wildman–Crippen MR) is 56.3 cm³/mol. The van der Waals surface area contributed by atoms with Gasteiger partial charge in [-0.3, -0.25) is 0 Å². The van der Waals surface area contributed by atoms with Crippen LogP contribution < -0.4 is 5.73 Å². The molecule has 0 atom stereocenters. The molecule has 1 aromatic rings. The number of aryl methyl sites for hydroxylation is 1. The van der Waals surface area contributed by atoms with Gasteiger partial charge in [-0.1, -0.05) is 17.9 Å². The largest absolute Gasteiger partial charge is 0.399 e. The Bertz CT molecular complexity index is 333. The van der Waals surface area contributed by atoms with Crippen LogP contribution in [-0.2, 0) is 0 Å². The van der Waals surface area contributed by atoms with Gasteiger partial charge in [0, 0.05) is 11.3 Å². The lowest BCUT2D eigenvalue weighted by Gasteiger charge is -1.98. The van der Waals surface area contributed by atoms with Crippen molar-refractivity contribution in [3.8, 4) is 11.8 Å². The molecule has 0 aliphatic carbocycles. The first-order valence-electron chi connectivity index (χ1n) is 3.70. The number of nitrogens with two attached hydrogens (primary N) is 1. The molecule has 0 radical (unpaired) electrons. The Morgan fingerprint density at radius 1 is 1.50 bits per heavy atom. The number of anilines is 1. The van der Waals surface area contributed by atoms with Crippen molar-refractivity contribution in [1.82, 2.24) is 0 Å². The third-order valence-electron chi connectivity index (χ3n) is 1.56. The molecule has 0 amide bonds. The minimum absolute atomic E-state index is 0.578. The summed E-state index contributed by atoms with van der Waals surface area (Å²) in [5.41, 5.74) is 8.51. The van der Waals surface area contributed by atoms with E-state index in [0.29, 0.717) is 5.75 Å². The molecule has 1 rings (SSSR count). The van der Waals surface area contributed by atoms with E-state index in [2.05, 4.69) is 24.5 Å². The molecular weight excluding hydrogens is 166 g/mol. The number of thiol groups is 1. The summed E-state index contributed by atoms with van der Waals surface area (Å²) in [6, 6.07) is 5.73. The van der Waals surface area contributed by atoms with E-state index < -0.39 is 0 Å². The molecule has 0 saturated heterocycles. The molecule has 2 N–H and O–H groups in total. The number of nitrogen functional groups attached to an aromatic ring is 1. The lowest BCUT2D eigenvalue weighted by molar-refractivity contribution is 1.44. The van der Waals surface area contributed by atoms with Crippen molar-refractivity contribution in [3.63, 3.8) is 0 Å². The van der Waals surface area contributed by atoms with Crippen LogP contribution in [0, 0.1) is 18.8 Å². The first-order chi connectivity index (χ1) is 5.74. The van der Waals surface area contributed by atoms with Gasteiger partial charge in [0.05, 0.1) is 5.75 Å². The molecule has 0 saturated carbocycles. The van der Waals surface area contributed by atoms with Gasteiger partial charge in [-0.15, -0.1) is 0 Å². The fourth-order valence-corrected chi connectivity index (χ4v) is 0.988. The van der Waals surface area contributed by atoms with Crippen molar-refractivity contribution in [3.05, 3.63) is 29.3 Å². The van der Waals surface area contributed by atoms with Crippen molar-refractivity contribution in [2.75, 3.05) is 11.5 Å². The summed E-state index contributed by atoms with van der Waals surface area (Å²) in [6.07, 6.45) is 0. The van der Waals surface area contributed by atoms with E-state index in [9.17, 15) is 0 Å². The molecule has 0 heterocycles. The fraction of sp³-hybridized carbons (Fsp3) is 0.200. The Hall–Kier alpha value is -1.07. The lowest BCUT2D eigenvalue weighted by Crippen LogP contribution is -1.88. The molecule has 0 aliphatic rings. The highest BCUT2D eigenvalue weighted by Gasteiger charge is 1.93. The Morgan fingerprint density at radius 2 is 2.25 bits per heavy atom. The molecule has 1 nitrogen and oxygen atoms in total. The fourth-order valence-electron chi connectivity index (χ4n) is 0.909. The molecule has 2 heteroatoms. The summed E-state index contributed by atoms with van der Waals surface area (Å²) in [5, 5.41) is 0. The first kappa shape index (κ1) is 9.02. The van der Waals surface area contributed by atoms with Gasteiger partial charge in [-0.25, -0.2) is 0 Å². The molecular formula is C10H11NS. The van der Waals surface area contributed by atoms with Crippen LogP contribution in [0.4, 0.5) is 5.69 Å². The smallest absolute Gasteiger partial charge is 0.0521 e. The van der Waals surface area contributed by atoms with Gasteiger partial charge in [0.2, 0.25) is 0 Å². The standard InChI is InChI=1S/C10H11NS/c1-8-4-5-10(11)7-9(8)3-2-6-12/h4-5,7,12H,6,11H2,1H3. The molecule has 0 bridgehead atoms. The third kappa shape index (κ3) is 2.21. The summed E-state index contributed by atoms with van der Waals surface area (Å²) in [4.78, 5) is 0. The van der Waals surface area contributed by atoms with Gasteiger partial charge < -0.3 is 5.73 Å². The van der Waals surface area contributed by atoms with Gasteiger partial charge in [0.15, 0.2) is 0 Å². The number of hydrogen-bond donors (Lipinski definition) is 2. The Labute approximate surface area is 78.4 Å². The average molecular weight is 177 g/mol. The quantitative estimate of drug-likeness (QED) is 0.353. The van der Waals surface area contributed by atoms with E-state index in [1.807, 2.05) is 25.1 Å². The molecule has 0 spiro atoms. The number of rotatable bonds is 0. The minimum Gasteiger partial charge on any atom is -0.399 e. The number of hydrogen-bond acceptors (Lipinski definition) is 2. The summed E-state index contributed by atoms with van der Waals surface area (Å²) >= 11 is 4.01. The molecule has 0 fully saturated rings. The van der Waals surface area contributed by atoms with E-state index in [1.165, 1.54) is 0 Å².